The highest BCUT2D eigenvalue weighted by Gasteiger charge is 2.43. The van der Waals surface area contributed by atoms with Gasteiger partial charge in [0.25, 0.3) is 0 Å². The smallest absolute Gasteiger partial charge is 0.314 e. The fourth-order valence-electron chi connectivity index (χ4n) is 3.83. The topological polar surface area (TPSA) is 86.7 Å². The van der Waals surface area contributed by atoms with Gasteiger partial charge in [-0.3, -0.25) is 14.4 Å². The van der Waals surface area contributed by atoms with Gasteiger partial charge < -0.3 is 15.3 Å². The van der Waals surface area contributed by atoms with Crippen LogP contribution < -0.4 is 5.32 Å². The van der Waals surface area contributed by atoms with Crippen LogP contribution >= 0.6 is 0 Å². The molecule has 0 radical (unpaired) electrons. The van der Waals surface area contributed by atoms with Crippen LogP contribution in [0, 0.1) is 0 Å². The van der Waals surface area contributed by atoms with E-state index in [1.54, 1.807) is 4.90 Å². The van der Waals surface area contributed by atoms with E-state index in [2.05, 4.69) is 5.32 Å². The molecule has 6 nitrogen and oxygen atoms in total. The highest BCUT2D eigenvalue weighted by Crippen LogP contribution is 2.36. The molecule has 2 N–H and O–H groups in total. The second-order valence-corrected chi connectivity index (χ2v) is 7.40. The van der Waals surface area contributed by atoms with Gasteiger partial charge in [0, 0.05) is 26.1 Å². The molecule has 1 heterocycles. The minimum atomic E-state index is -0.943. The Kier molecular flexibility index (Phi) is 6.65. The van der Waals surface area contributed by atoms with E-state index < -0.39 is 11.4 Å². The molecule has 1 saturated heterocycles. The van der Waals surface area contributed by atoms with E-state index in [9.17, 15) is 19.5 Å². The number of carbonyl (C=O) groups is 3. The van der Waals surface area contributed by atoms with Crippen molar-refractivity contribution in [3.63, 3.8) is 0 Å². The van der Waals surface area contributed by atoms with E-state index in [0.29, 0.717) is 25.9 Å². The Balaban J connectivity index is 1.47. The van der Waals surface area contributed by atoms with Crippen molar-refractivity contribution in [1.82, 2.24) is 10.2 Å². The molecule has 2 aromatic carbocycles. The molecular formula is C23H26N2O4. The Hall–Kier alpha value is -3.15. The van der Waals surface area contributed by atoms with Gasteiger partial charge in [-0.2, -0.15) is 0 Å². The Bertz CT molecular complexity index is 844. The Morgan fingerprint density at radius 2 is 1.52 bits per heavy atom. The first kappa shape index (κ1) is 20.6. The lowest BCUT2D eigenvalue weighted by molar-refractivity contribution is -0.148. The van der Waals surface area contributed by atoms with Crippen LogP contribution in [0.5, 0.6) is 0 Å². The van der Waals surface area contributed by atoms with Crippen LogP contribution in [0.15, 0.2) is 60.7 Å². The Labute approximate surface area is 170 Å². The van der Waals surface area contributed by atoms with Crippen LogP contribution in [0.3, 0.4) is 0 Å². The van der Waals surface area contributed by atoms with E-state index in [1.165, 1.54) is 0 Å². The van der Waals surface area contributed by atoms with Gasteiger partial charge in [0.2, 0.25) is 11.8 Å². The van der Waals surface area contributed by atoms with E-state index in [1.807, 2.05) is 60.7 Å². The van der Waals surface area contributed by atoms with Crippen LogP contribution in [-0.4, -0.2) is 47.4 Å². The van der Waals surface area contributed by atoms with Gasteiger partial charge in [-0.25, -0.2) is 0 Å². The normalized spacial score (nSPS) is 15.5. The third kappa shape index (κ3) is 5.02. The van der Waals surface area contributed by atoms with Gasteiger partial charge in [0.05, 0.1) is 11.8 Å². The first-order chi connectivity index (χ1) is 14.0. The quantitative estimate of drug-likeness (QED) is 0.755. The van der Waals surface area contributed by atoms with E-state index in [4.69, 9.17) is 0 Å². The van der Waals surface area contributed by atoms with Crippen molar-refractivity contribution in [2.24, 2.45) is 0 Å². The summed E-state index contributed by atoms with van der Waals surface area (Å²) in [4.78, 5) is 38.2. The fraction of sp³-hybridized carbons (Fsp3) is 0.348. The highest BCUT2D eigenvalue weighted by atomic mass is 16.4. The van der Waals surface area contributed by atoms with E-state index in [0.717, 1.165) is 11.1 Å². The largest absolute Gasteiger partial charge is 0.481 e. The maximum Gasteiger partial charge on any atom is 0.314 e. The van der Waals surface area contributed by atoms with Crippen LogP contribution in [0.4, 0.5) is 0 Å². The summed E-state index contributed by atoms with van der Waals surface area (Å²) in [7, 11) is 0. The number of hydrogen-bond acceptors (Lipinski definition) is 3. The number of piperidine rings is 1. The average molecular weight is 394 g/mol. The molecule has 152 valence electrons. The maximum atomic E-state index is 12.5. The number of benzene rings is 2. The van der Waals surface area contributed by atoms with Crippen LogP contribution in [0.1, 0.15) is 30.4 Å². The molecule has 0 aliphatic carbocycles. The van der Waals surface area contributed by atoms with Crippen LogP contribution in [0.2, 0.25) is 0 Å². The van der Waals surface area contributed by atoms with Gasteiger partial charge in [-0.1, -0.05) is 60.7 Å². The van der Waals surface area contributed by atoms with Gasteiger partial charge in [-0.15, -0.1) is 0 Å². The lowest BCUT2D eigenvalue weighted by atomic mass is 9.73. The van der Waals surface area contributed by atoms with Gasteiger partial charge in [0.15, 0.2) is 0 Å². The van der Waals surface area contributed by atoms with E-state index >= 15 is 0 Å². The number of nitrogens with zero attached hydrogens (tertiary/aromatic N) is 1. The number of aliphatic carboxylic acids is 1. The number of carboxylic acid groups (broad SMARTS) is 1. The molecule has 1 aliphatic heterocycles. The monoisotopic (exact) mass is 394 g/mol. The molecule has 0 unspecified atom stereocenters. The molecule has 0 aromatic heterocycles. The molecule has 2 amide bonds. The van der Waals surface area contributed by atoms with E-state index in [-0.39, 0.29) is 31.2 Å². The predicted octanol–water partition coefficient (Wildman–Crippen LogP) is 2.38. The van der Waals surface area contributed by atoms with Crippen molar-refractivity contribution < 1.29 is 19.5 Å². The third-order valence-corrected chi connectivity index (χ3v) is 5.57. The number of hydrogen-bond donors (Lipinski definition) is 2. The summed E-state index contributed by atoms with van der Waals surface area (Å²) >= 11 is 0. The summed E-state index contributed by atoms with van der Waals surface area (Å²) in [5.41, 5.74) is 0.771. The SMILES string of the molecule is O=C(Cc1ccccc1)NCCC(=O)N1CCC(C(=O)O)(c2ccccc2)CC1. The zero-order chi connectivity index (χ0) is 20.7. The minimum Gasteiger partial charge on any atom is -0.481 e. The molecule has 2 aromatic rings. The number of amides is 2. The van der Waals surface area contributed by atoms with Gasteiger partial charge in [-0.05, 0) is 24.0 Å². The standard InChI is InChI=1S/C23H26N2O4/c26-20(17-18-7-3-1-4-8-18)24-14-11-21(27)25-15-12-23(13-16-25,22(28)29)19-9-5-2-6-10-19/h1-10H,11-17H2,(H,24,26)(H,28,29). The van der Waals surface area contributed by atoms with Crippen LogP contribution in [-0.2, 0) is 26.2 Å². The molecule has 0 atom stereocenters. The molecule has 6 heteroatoms. The molecule has 0 saturated carbocycles. The van der Waals surface area contributed by atoms with Crippen molar-refractivity contribution in [3.8, 4) is 0 Å². The zero-order valence-corrected chi connectivity index (χ0v) is 16.3. The average Bonchev–Trinajstić information content (AvgIpc) is 2.75. The van der Waals surface area contributed by atoms with Gasteiger partial charge in [0.1, 0.15) is 0 Å². The maximum absolute atomic E-state index is 12.5. The molecule has 1 fully saturated rings. The lowest BCUT2D eigenvalue weighted by Gasteiger charge is -2.39. The molecule has 0 bridgehead atoms. The summed E-state index contributed by atoms with van der Waals surface area (Å²) in [5, 5.41) is 12.6. The zero-order valence-electron chi connectivity index (χ0n) is 16.3. The first-order valence-corrected chi connectivity index (χ1v) is 9.88. The fourth-order valence-corrected chi connectivity index (χ4v) is 3.83. The molecule has 3 rings (SSSR count). The third-order valence-electron chi connectivity index (χ3n) is 5.57. The number of nitrogens with one attached hydrogen (secondary N) is 1. The second-order valence-electron chi connectivity index (χ2n) is 7.40. The van der Waals surface area contributed by atoms with Crippen molar-refractivity contribution in [2.45, 2.75) is 31.1 Å². The molecule has 29 heavy (non-hydrogen) atoms. The highest BCUT2D eigenvalue weighted by molar-refractivity contribution is 5.83. The summed E-state index contributed by atoms with van der Waals surface area (Å²) in [6, 6.07) is 18.7. The van der Waals surface area contributed by atoms with Crippen molar-refractivity contribution in [1.29, 1.82) is 0 Å². The number of rotatable bonds is 7. The van der Waals surface area contributed by atoms with Crippen molar-refractivity contribution in [3.05, 3.63) is 71.8 Å². The summed E-state index contributed by atoms with van der Waals surface area (Å²) in [6.45, 7) is 1.08. The molecule has 0 spiro atoms. The summed E-state index contributed by atoms with van der Waals surface area (Å²) in [5.74, 6) is -1.02. The molecule has 1 aliphatic rings. The van der Waals surface area contributed by atoms with Crippen LogP contribution in [0.25, 0.3) is 0 Å². The Morgan fingerprint density at radius 1 is 0.931 bits per heavy atom. The molecular weight excluding hydrogens is 368 g/mol. The number of likely N-dealkylation sites (tertiary alicyclic amines) is 1. The first-order valence-electron chi connectivity index (χ1n) is 9.88. The predicted molar refractivity (Wildman–Crippen MR) is 109 cm³/mol. The minimum absolute atomic E-state index is 0.0583. The second kappa shape index (κ2) is 9.37. The Morgan fingerprint density at radius 3 is 2.10 bits per heavy atom. The van der Waals surface area contributed by atoms with Crippen molar-refractivity contribution >= 4 is 17.8 Å². The lowest BCUT2D eigenvalue weighted by Crippen LogP contribution is -2.49. The number of carboxylic acids is 1. The van der Waals surface area contributed by atoms with Gasteiger partial charge >= 0.3 is 5.97 Å². The number of carbonyl (C=O) groups excluding carboxylic acids is 2. The van der Waals surface area contributed by atoms with Crippen molar-refractivity contribution in [2.75, 3.05) is 19.6 Å². The summed E-state index contributed by atoms with van der Waals surface area (Å²) in [6.07, 6.45) is 1.28. The summed E-state index contributed by atoms with van der Waals surface area (Å²) < 4.78 is 0.